The van der Waals surface area contributed by atoms with Crippen LogP contribution in [0, 0.1) is 6.92 Å². The molecule has 0 amide bonds. The molecule has 18 heavy (non-hydrogen) atoms. The number of rotatable bonds is 5. The number of nitrogen functional groups attached to an aromatic ring is 1. The van der Waals surface area contributed by atoms with Gasteiger partial charge in [0.05, 0.1) is 0 Å². The van der Waals surface area contributed by atoms with Gasteiger partial charge in [0.25, 0.3) is 0 Å². The number of aromatic nitrogens is 3. The zero-order valence-electron chi connectivity index (χ0n) is 10.2. The first-order valence-corrected chi connectivity index (χ1v) is 5.73. The van der Waals surface area contributed by atoms with E-state index >= 15 is 0 Å². The van der Waals surface area contributed by atoms with Gasteiger partial charge < -0.3 is 10.7 Å². The molecule has 6 nitrogen and oxygen atoms in total. The van der Waals surface area contributed by atoms with Gasteiger partial charge in [0.1, 0.15) is 17.5 Å². The van der Waals surface area contributed by atoms with E-state index in [0.29, 0.717) is 11.6 Å². The molecule has 0 fully saturated rings. The van der Waals surface area contributed by atoms with Crippen LogP contribution < -0.4 is 16.6 Å². The molecule has 0 spiro atoms. The van der Waals surface area contributed by atoms with Gasteiger partial charge in [-0.3, -0.25) is 4.98 Å². The van der Waals surface area contributed by atoms with Crippen LogP contribution in [0.1, 0.15) is 11.4 Å². The maximum absolute atomic E-state index is 5.33. The van der Waals surface area contributed by atoms with Crippen LogP contribution >= 0.6 is 0 Å². The molecular weight excluding hydrogens is 228 g/mol. The van der Waals surface area contributed by atoms with Gasteiger partial charge in [-0.1, -0.05) is 0 Å². The van der Waals surface area contributed by atoms with Gasteiger partial charge in [-0.15, -0.1) is 0 Å². The number of pyridine rings is 1. The van der Waals surface area contributed by atoms with Crippen LogP contribution in [0.4, 0.5) is 11.6 Å². The topological polar surface area (TPSA) is 88.8 Å². The number of aryl methyl sites for hydroxylation is 1. The van der Waals surface area contributed by atoms with Crippen LogP contribution in [0.5, 0.6) is 0 Å². The minimum absolute atomic E-state index is 0.605. The van der Waals surface area contributed by atoms with Crippen molar-refractivity contribution in [3.63, 3.8) is 0 Å². The van der Waals surface area contributed by atoms with Crippen molar-refractivity contribution in [3.8, 4) is 0 Å². The van der Waals surface area contributed by atoms with Crippen molar-refractivity contribution in [1.29, 1.82) is 0 Å². The van der Waals surface area contributed by atoms with Crippen molar-refractivity contribution < 1.29 is 0 Å². The van der Waals surface area contributed by atoms with E-state index in [1.165, 1.54) is 5.56 Å². The molecule has 2 aromatic heterocycles. The standard InChI is InChI=1S/C12H16N6/c1-9-16-11(8-12(17-9)18-13)15-7-4-10-2-5-14-6-3-10/h2-3,5-6,8H,4,7,13H2,1H3,(H2,15,16,17,18). The zero-order valence-corrected chi connectivity index (χ0v) is 10.2. The molecule has 0 saturated carbocycles. The molecule has 2 rings (SSSR count). The van der Waals surface area contributed by atoms with Crippen molar-refractivity contribution in [2.75, 3.05) is 17.3 Å². The number of nitrogens with one attached hydrogen (secondary N) is 2. The van der Waals surface area contributed by atoms with Crippen molar-refractivity contribution in [1.82, 2.24) is 15.0 Å². The monoisotopic (exact) mass is 244 g/mol. The third-order valence-corrected chi connectivity index (χ3v) is 2.45. The summed E-state index contributed by atoms with van der Waals surface area (Å²) < 4.78 is 0. The van der Waals surface area contributed by atoms with Crippen molar-refractivity contribution in [2.45, 2.75) is 13.3 Å². The first-order valence-electron chi connectivity index (χ1n) is 5.73. The predicted octanol–water partition coefficient (Wildman–Crippen LogP) is 1.12. The summed E-state index contributed by atoms with van der Waals surface area (Å²) in [6.07, 6.45) is 4.50. The Balaban J connectivity index is 1.92. The van der Waals surface area contributed by atoms with Crippen LogP contribution in [0.3, 0.4) is 0 Å². The molecule has 2 heterocycles. The van der Waals surface area contributed by atoms with E-state index in [0.717, 1.165) is 18.8 Å². The summed E-state index contributed by atoms with van der Waals surface area (Å²) in [6, 6.07) is 5.78. The van der Waals surface area contributed by atoms with Gasteiger partial charge in [0, 0.05) is 25.0 Å². The molecule has 4 N–H and O–H groups in total. The van der Waals surface area contributed by atoms with Gasteiger partial charge in [-0.2, -0.15) is 0 Å². The number of nitrogens with two attached hydrogens (primary N) is 1. The highest BCUT2D eigenvalue weighted by molar-refractivity contribution is 5.46. The molecule has 0 aliphatic carbocycles. The van der Waals surface area contributed by atoms with Crippen molar-refractivity contribution >= 4 is 11.6 Å². The molecule has 0 atom stereocenters. The van der Waals surface area contributed by atoms with Crippen molar-refractivity contribution in [3.05, 3.63) is 42.0 Å². The molecule has 0 radical (unpaired) electrons. The third kappa shape index (κ3) is 3.39. The second-order valence-corrected chi connectivity index (χ2v) is 3.86. The fourth-order valence-corrected chi connectivity index (χ4v) is 1.62. The Bertz CT molecular complexity index is 499. The van der Waals surface area contributed by atoms with E-state index < -0.39 is 0 Å². The highest BCUT2D eigenvalue weighted by Gasteiger charge is 2.00. The smallest absolute Gasteiger partial charge is 0.145 e. The molecule has 6 heteroatoms. The third-order valence-electron chi connectivity index (χ3n) is 2.45. The molecule has 0 bridgehead atoms. The lowest BCUT2D eigenvalue weighted by atomic mass is 10.2. The van der Waals surface area contributed by atoms with Crippen LogP contribution in [-0.4, -0.2) is 21.5 Å². The van der Waals surface area contributed by atoms with Gasteiger partial charge in [0.2, 0.25) is 0 Å². The lowest BCUT2D eigenvalue weighted by Crippen LogP contribution is -2.12. The summed E-state index contributed by atoms with van der Waals surface area (Å²) in [4.78, 5) is 12.4. The van der Waals surface area contributed by atoms with E-state index in [-0.39, 0.29) is 0 Å². The van der Waals surface area contributed by atoms with Crippen molar-refractivity contribution in [2.24, 2.45) is 5.84 Å². The normalized spacial score (nSPS) is 10.1. The fourth-order valence-electron chi connectivity index (χ4n) is 1.62. The Morgan fingerprint density at radius 1 is 1.17 bits per heavy atom. The lowest BCUT2D eigenvalue weighted by Gasteiger charge is -2.08. The summed E-state index contributed by atoms with van der Waals surface area (Å²) in [5.41, 5.74) is 3.75. The predicted molar refractivity (Wildman–Crippen MR) is 71.0 cm³/mol. The van der Waals surface area contributed by atoms with Gasteiger partial charge >= 0.3 is 0 Å². The molecule has 94 valence electrons. The molecule has 0 aromatic carbocycles. The minimum Gasteiger partial charge on any atom is -0.370 e. The number of hydrazine groups is 1. The Morgan fingerprint density at radius 3 is 2.61 bits per heavy atom. The second kappa shape index (κ2) is 5.92. The summed E-state index contributed by atoms with van der Waals surface area (Å²) in [5.74, 6) is 7.38. The van der Waals surface area contributed by atoms with Gasteiger partial charge in [-0.05, 0) is 31.0 Å². The fraction of sp³-hybridized carbons (Fsp3) is 0.250. The molecule has 0 aliphatic heterocycles. The van der Waals surface area contributed by atoms with Crippen LogP contribution in [0.25, 0.3) is 0 Å². The number of hydrogen-bond donors (Lipinski definition) is 3. The van der Waals surface area contributed by atoms with E-state index in [1.807, 2.05) is 19.1 Å². The van der Waals surface area contributed by atoms with Gasteiger partial charge in [-0.25, -0.2) is 15.8 Å². The second-order valence-electron chi connectivity index (χ2n) is 3.86. The molecule has 0 aliphatic rings. The van der Waals surface area contributed by atoms with Gasteiger partial charge in [0.15, 0.2) is 0 Å². The molecule has 2 aromatic rings. The van der Waals surface area contributed by atoms with E-state index in [9.17, 15) is 0 Å². The number of nitrogens with zero attached hydrogens (tertiary/aromatic N) is 3. The maximum Gasteiger partial charge on any atom is 0.145 e. The largest absolute Gasteiger partial charge is 0.370 e. The van der Waals surface area contributed by atoms with Crippen LogP contribution in [0.15, 0.2) is 30.6 Å². The highest BCUT2D eigenvalue weighted by Crippen LogP contribution is 2.09. The lowest BCUT2D eigenvalue weighted by molar-refractivity contribution is 0.976. The van der Waals surface area contributed by atoms with Crippen LogP contribution in [0.2, 0.25) is 0 Å². The first kappa shape index (κ1) is 12.3. The average Bonchev–Trinajstić information content (AvgIpc) is 2.39. The minimum atomic E-state index is 0.605. The molecule has 0 saturated heterocycles. The first-order chi connectivity index (χ1) is 8.78. The summed E-state index contributed by atoms with van der Waals surface area (Å²) in [7, 11) is 0. The van der Waals surface area contributed by atoms with E-state index in [1.54, 1.807) is 18.5 Å². The van der Waals surface area contributed by atoms with E-state index in [2.05, 4.69) is 25.7 Å². The average molecular weight is 244 g/mol. The summed E-state index contributed by atoms with van der Waals surface area (Å²) in [5, 5.41) is 3.24. The summed E-state index contributed by atoms with van der Waals surface area (Å²) in [6.45, 7) is 2.62. The van der Waals surface area contributed by atoms with Crippen LogP contribution in [-0.2, 0) is 6.42 Å². The summed E-state index contributed by atoms with van der Waals surface area (Å²) >= 11 is 0. The quantitative estimate of drug-likeness (QED) is 0.539. The highest BCUT2D eigenvalue weighted by atomic mass is 15.3. The Hall–Kier alpha value is -2.21. The number of hydrogen-bond acceptors (Lipinski definition) is 6. The molecular formula is C12H16N6. The Labute approximate surface area is 106 Å². The Morgan fingerprint density at radius 2 is 1.89 bits per heavy atom. The Kier molecular flexibility index (Phi) is 4.03. The zero-order chi connectivity index (χ0) is 12.8. The maximum atomic E-state index is 5.33. The van der Waals surface area contributed by atoms with E-state index in [4.69, 9.17) is 5.84 Å². The number of anilines is 2. The SMILES string of the molecule is Cc1nc(NN)cc(NCCc2ccncc2)n1. The molecule has 0 unspecified atom stereocenters.